The maximum atomic E-state index is 13.4. The number of nitro groups is 1. The normalized spacial score (nSPS) is 10.1. The van der Waals surface area contributed by atoms with Gasteiger partial charge in [0, 0.05) is 12.1 Å². The molecule has 0 amide bonds. The average Bonchev–Trinajstić information content (AvgIpc) is 2.40. The van der Waals surface area contributed by atoms with Crippen molar-refractivity contribution in [2.24, 2.45) is 0 Å². The van der Waals surface area contributed by atoms with Crippen LogP contribution >= 0.6 is 0 Å². The molecule has 20 heavy (non-hydrogen) atoms. The van der Waals surface area contributed by atoms with Crippen molar-refractivity contribution in [3.8, 4) is 11.5 Å². The second-order valence-corrected chi connectivity index (χ2v) is 3.77. The van der Waals surface area contributed by atoms with Crippen LogP contribution in [0.2, 0.25) is 0 Å². The Kier molecular flexibility index (Phi) is 3.69. The van der Waals surface area contributed by atoms with Gasteiger partial charge < -0.3 is 4.74 Å². The van der Waals surface area contributed by atoms with Crippen LogP contribution in [0.1, 0.15) is 10.4 Å². The largest absolute Gasteiger partial charge is 0.457 e. The Hall–Kier alpha value is -2.83. The van der Waals surface area contributed by atoms with E-state index in [2.05, 4.69) is 0 Å². The highest BCUT2D eigenvalue weighted by atomic mass is 19.1. The molecule has 5 nitrogen and oxygen atoms in total. The molecule has 0 heterocycles. The molecule has 2 rings (SSSR count). The Morgan fingerprint density at radius 3 is 2.50 bits per heavy atom. The molecule has 102 valence electrons. The van der Waals surface area contributed by atoms with Crippen LogP contribution in [0.15, 0.2) is 36.4 Å². The number of aldehydes is 1. The quantitative estimate of drug-likeness (QED) is 0.488. The Bertz CT molecular complexity index is 688. The number of benzene rings is 2. The van der Waals surface area contributed by atoms with Gasteiger partial charge in [0.05, 0.1) is 10.5 Å². The Morgan fingerprint density at radius 2 is 1.90 bits per heavy atom. The number of nitrogens with zero attached hydrogens (tertiary/aromatic N) is 1. The fraction of sp³-hybridized carbons (Fsp3) is 0. The minimum atomic E-state index is -1.07. The van der Waals surface area contributed by atoms with Crippen LogP contribution in [0.5, 0.6) is 11.5 Å². The molecule has 0 unspecified atom stereocenters. The molecule has 0 fully saturated rings. The topological polar surface area (TPSA) is 69.4 Å². The number of halogens is 2. The van der Waals surface area contributed by atoms with Crippen molar-refractivity contribution in [1.29, 1.82) is 0 Å². The summed E-state index contributed by atoms with van der Waals surface area (Å²) in [6.45, 7) is 0. The summed E-state index contributed by atoms with van der Waals surface area (Å²) in [7, 11) is 0. The summed E-state index contributed by atoms with van der Waals surface area (Å²) in [6, 6.07) is 6.18. The van der Waals surface area contributed by atoms with E-state index < -0.39 is 22.2 Å². The summed E-state index contributed by atoms with van der Waals surface area (Å²) in [5, 5.41) is 10.5. The SMILES string of the molecule is O=Cc1cc(F)ccc1Oc1ccc([N+](=O)[O-])c(F)c1. The fourth-order valence-electron chi connectivity index (χ4n) is 1.53. The van der Waals surface area contributed by atoms with Crippen LogP contribution in [0.4, 0.5) is 14.5 Å². The lowest BCUT2D eigenvalue weighted by Crippen LogP contribution is -1.95. The molecule has 0 aliphatic carbocycles. The Labute approximate surface area is 111 Å². The van der Waals surface area contributed by atoms with E-state index in [1.54, 1.807) is 0 Å². The first kappa shape index (κ1) is 13.6. The van der Waals surface area contributed by atoms with Crippen LogP contribution in [-0.2, 0) is 0 Å². The molecule has 0 atom stereocenters. The zero-order valence-electron chi connectivity index (χ0n) is 9.88. The van der Waals surface area contributed by atoms with E-state index in [0.717, 1.165) is 24.3 Å². The molecule has 0 spiro atoms. The van der Waals surface area contributed by atoms with E-state index in [4.69, 9.17) is 4.74 Å². The van der Waals surface area contributed by atoms with Crippen molar-refractivity contribution < 1.29 is 23.2 Å². The summed E-state index contributed by atoms with van der Waals surface area (Å²) >= 11 is 0. The third kappa shape index (κ3) is 2.77. The summed E-state index contributed by atoms with van der Waals surface area (Å²) in [6.07, 6.45) is 0.389. The molecule has 0 bridgehead atoms. The first-order chi connectivity index (χ1) is 9.51. The summed E-state index contributed by atoms with van der Waals surface area (Å²) in [5.74, 6) is -1.70. The van der Waals surface area contributed by atoms with E-state index >= 15 is 0 Å². The molecule has 0 radical (unpaired) electrons. The molecule has 0 saturated carbocycles. The molecule has 0 aliphatic heterocycles. The van der Waals surface area contributed by atoms with Gasteiger partial charge >= 0.3 is 5.69 Å². The van der Waals surface area contributed by atoms with Gasteiger partial charge in [-0.25, -0.2) is 4.39 Å². The van der Waals surface area contributed by atoms with Crippen molar-refractivity contribution in [2.75, 3.05) is 0 Å². The number of hydrogen-bond donors (Lipinski definition) is 0. The van der Waals surface area contributed by atoms with Gasteiger partial charge in [-0.1, -0.05) is 0 Å². The van der Waals surface area contributed by atoms with Gasteiger partial charge in [-0.05, 0) is 24.3 Å². The third-order valence-corrected chi connectivity index (χ3v) is 2.44. The zero-order chi connectivity index (χ0) is 14.7. The predicted molar refractivity (Wildman–Crippen MR) is 64.9 cm³/mol. The van der Waals surface area contributed by atoms with Gasteiger partial charge in [0.1, 0.15) is 17.3 Å². The van der Waals surface area contributed by atoms with Crippen LogP contribution in [0, 0.1) is 21.7 Å². The van der Waals surface area contributed by atoms with E-state index in [0.29, 0.717) is 6.29 Å². The maximum Gasteiger partial charge on any atom is 0.305 e. The van der Waals surface area contributed by atoms with E-state index in [-0.39, 0.29) is 17.1 Å². The minimum absolute atomic E-state index is 0.0228. The van der Waals surface area contributed by atoms with Gasteiger partial charge in [-0.3, -0.25) is 14.9 Å². The zero-order valence-corrected chi connectivity index (χ0v) is 9.88. The number of carbonyl (C=O) groups excluding carboxylic acids is 1. The number of hydrogen-bond acceptors (Lipinski definition) is 4. The summed E-state index contributed by atoms with van der Waals surface area (Å²) < 4.78 is 31.5. The smallest absolute Gasteiger partial charge is 0.305 e. The molecule has 0 aromatic heterocycles. The first-order valence-electron chi connectivity index (χ1n) is 5.38. The van der Waals surface area contributed by atoms with Gasteiger partial charge in [0.2, 0.25) is 5.82 Å². The third-order valence-electron chi connectivity index (χ3n) is 2.44. The van der Waals surface area contributed by atoms with E-state index in [1.807, 2.05) is 0 Å². The Morgan fingerprint density at radius 1 is 1.15 bits per heavy atom. The number of carbonyl (C=O) groups is 1. The lowest BCUT2D eigenvalue weighted by molar-refractivity contribution is -0.387. The van der Waals surface area contributed by atoms with Gasteiger partial charge in [-0.2, -0.15) is 4.39 Å². The highest BCUT2D eigenvalue weighted by molar-refractivity contribution is 5.79. The lowest BCUT2D eigenvalue weighted by Gasteiger charge is -2.08. The molecular formula is C13H7F2NO4. The maximum absolute atomic E-state index is 13.4. The van der Waals surface area contributed by atoms with E-state index in [1.165, 1.54) is 12.1 Å². The first-order valence-corrected chi connectivity index (χ1v) is 5.38. The second-order valence-electron chi connectivity index (χ2n) is 3.77. The molecule has 0 N–H and O–H groups in total. The van der Waals surface area contributed by atoms with Crippen molar-refractivity contribution in [3.05, 3.63) is 63.7 Å². The van der Waals surface area contributed by atoms with Gasteiger partial charge in [-0.15, -0.1) is 0 Å². The summed E-state index contributed by atoms with van der Waals surface area (Å²) in [5.41, 5.74) is -0.740. The van der Waals surface area contributed by atoms with E-state index in [9.17, 15) is 23.7 Å². The molecule has 0 aliphatic rings. The standard InChI is InChI=1S/C13H7F2NO4/c14-9-1-4-13(8(5-9)7-17)20-10-2-3-12(16(18)19)11(15)6-10/h1-7H. The van der Waals surface area contributed by atoms with Crippen molar-refractivity contribution in [3.63, 3.8) is 0 Å². The molecule has 0 saturated heterocycles. The molecule has 2 aromatic rings. The number of nitro benzene ring substituents is 1. The molecular weight excluding hydrogens is 272 g/mol. The lowest BCUT2D eigenvalue weighted by atomic mass is 10.2. The highest BCUT2D eigenvalue weighted by Gasteiger charge is 2.15. The van der Waals surface area contributed by atoms with Crippen LogP contribution in [0.25, 0.3) is 0 Å². The van der Waals surface area contributed by atoms with Gasteiger partial charge in [0.25, 0.3) is 0 Å². The van der Waals surface area contributed by atoms with Crippen LogP contribution < -0.4 is 4.74 Å². The van der Waals surface area contributed by atoms with Crippen molar-refractivity contribution in [1.82, 2.24) is 0 Å². The number of ether oxygens (including phenoxy) is 1. The fourth-order valence-corrected chi connectivity index (χ4v) is 1.53. The molecule has 2 aromatic carbocycles. The van der Waals surface area contributed by atoms with Crippen LogP contribution in [-0.4, -0.2) is 11.2 Å². The monoisotopic (exact) mass is 279 g/mol. The van der Waals surface area contributed by atoms with Gasteiger partial charge in [0.15, 0.2) is 6.29 Å². The van der Waals surface area contributed by atoms with Crippen molar-refractivity contribution >= 4 is 12.0 Å². The Balaban J connectivity index is 2.33. The molecule has 7 heteroatoms. The minimum Gasteiger partial charge on any atom is -0.457 e. The predicted octanol–water partition coefficient (Wildman–Crippen LogP) is 3.48. The second kappa shape index (κ2) is 5.43. The van der Waals surface area contributed by atoms with Crippen molar-refractivity contribution in [2.45, 2.75) is 0 Å². The highest BCUT2D eigenvalue weighted by Crippen LogP contribution is 2.28. The average molecular weight is 279 g/mol. The number of rotatable bonds is 4. The van der Waals surface area contributed by atoms with Crippen LogP contribution in [0.3, 0.4) is 0 Å². The summed E-state index contributed by atoms with van der Waals surface area (Å²) in [4.78, 5) is 20.4.